The molecule has 1 fully saturated rings. The predicted octanol–water partition coefficient (Wildman–Crippen LogP) is 2.15. The van der Waals surface area contributed by atoms with Gasteiger partial charge in [-0.05, 0) is 18.9 Å². The molecule has 1 aromatic heterocycles. The Labute approximate surface area is 132 Å². The van der Waals surface area contributed by atoms with E-state index >= 15 is 0 Å². The highest BCUT2D eigenvalue weighted by molar-refractivity contribution is 5.85. The van der Waals surface area contributed by atoms with E-state index < -0.39 is 11.9 Å². The molecule has 2 unspecified atom stereocenters. The van der Waals surface area contributed by atoms with Crippen LogP contribution < -0.4 is 5.73 Å². The summed E-state index contributed by atoms with van der Waals surface area (Å²) in [7, 11) is 0. The van der Waals surface area contributed by atoms with Gasteiger partial charge < -0.3 is 10.6 Å². The summed E-state index contributed by atoms with van der Waals surface area (Å²) in [4.78, 5) is 13.8. The highest BCUT2D eigenvalue weighted by Gasteiger charge is 2.35. The Bertz CT molecular complexity index is 506. The first kappa shape index (κ1) is 18.8. The number of hydrogen-bond donors (Lipinski definition) is 2. The summed E-state index contributed by atoms with van der Waals surface area (Å²) in [5.74, 6) is -0.453. The van der Waals surface area contributed by atoms with E-state index in [9.17, 15) is 18.0 Å². The molecule has 0 radical (unpaired) electrons. The van der Waals surface area contributed by atoms with E-state index in [1.807, 2.05) is 0 Å². The smallest absolute Gasteiger partial charge is 0.342 e. The molecule has 5 nitrogen and oxygen atoms in total. The number of nitrogens with one attached hydrogen (secondary N) is 1. The third-order valence-electron chi connectivity index (χ3n) is 3.84. The lowest BCUT2D eigenvalue weighted by Gasteiger charge is -2.33. The summed E-state index contributed by atoms with van der Waals surface area (Å²) in [6.07, 6.45) is -2.96. The van der Waals surface area contributed by atoms with Crippen LogP contribution in [0.25, 0.3) is 0 Å². The van der Waals surface area contributed by atoms with Crippen LogP contribution >= 0.6 is 12.4 Å². The van der Waals surface area contributed by atoms with Crippen molar-refractivity contribution < 1.29 is 18.0 Å². The average Bonchev–Trinajstić information content (AvgIpc) is 2.95. The first-order chi connectivity index (χ1) is 9.82. The molecule has 2 heterocycles. The summed E-state index contributed by atoms with van der Waals surface area (Å²) in [5.41, 5.74) is 5.00. The first-order valence-corrected chi connectivity index (χ1v) is 6.94. The maximum atomic E-state index is 12.6. The number of aromatic amines is 1. The zero-order valence-corrected chi connectivity index (χ0v) is 13.0. The maximum Gasteiger partial charge on any atom is 0.435 e. The average molecular weight is 341 g/mol. The fourth-order valence-corrected chi connectivity index (χ4v) is 2.53. The van der Waals surface area contributed by atoms with Crippen LogP contribution in [0.1, 0.15) is 37.1 Å². The largest absolute Gasteiger partial charge is 0.435 e. The van der Waals surface area contributed by atoms with Crippen molar-refractivity contribution in [3.8, 4) is 0 Å². The van der Waals surface area contributed by atoms with Crippen molar-refractivity contribution in [3.63, 3.8) is 0 Å². The lowest BCUT2D eigenvalue weighted by molar-refractivity contribution is -0.141. The maximum absolute atomic E-state index is 12.6. The molecule has 1 aliphatic rings. The number of carbonyl (C=O) groups excluding carboxylic acids is 1. The van der Waals surface area contributed by atoms with Crippen molar-refractivity contribution in [2.75, 3.05) is 19.6 Å². The van der Waals surface area contributed by atoms with Crippen molar-refractivity contribution in [3.05, 3.63) is 17.5 Å². The predicted molar refractivity (Wildman–Crippen MR) is 77.6 cm³/mol. The van der Waals surface area contributed by atoms with Gasteiger partial charge in [0.15, 0.2) is 5.69 Å². The molecule has 1 saturated heterocycles. The molecule has 2 rings (SSSR count). The Kier molecular flexibility index (Phi) is 6.25. The van der Waals surface area contributed by atoms with Crippen LogP contribution in [-0.4, -0.2) is 40.6 Å². The topological polar surface area (TPSA) is 75.0 Å². The molecule has 0 aliphatic carbocycles. The molecular weight excluding hydrogens is 321 g/mol. The number of nitrogens with zero attached hydrogens (tertiary/aromatic N) is 2. The van der Waals surface area contributed by atoms with Gasteiger partial charge in [-0.3, -0.25) is 9.89 Å². The van der Waals surface area contributed by atoms with Crippen molar-refractivity contribution in [2.24, 2.45) is 11.7 Å². The minimum absolute atomic E-state index is 0. The molecule has 1 aliphatic heterocycles. The Morgan fingerprint density at radius 1 is 1.59 bits per heavy atom. The molecule has 1 aromatic rings. The van der Waals surface area contributed by atoms with Gasteiger partial charge >= 0.3 is 6.18 Å². The highest BCUT2D eigenvalue weighted by Crippen LogP contribution is 2.32. The molecule has 3 N–H and O–H groups in total. The van der Waals surface area contributed by atoms with Gasteiger partial charge in [0.25, 0.3) is 0 Å². The van der Waals surface area contributed by atoms with Crippen LogP contribution in [-0.2, 0) is 11.0 Å². The van der Waals surface area contributed by atoms with Crippen LogP contribution in [0.2, 0.25) is 0 Å². The van der Waals surface area contributed by atoms with Crippen LogP contribution in [0.3, 0.4) is 0 Å². The Balaban J connectivity index is 0.00000242. The molecule has 2 atom stereocenters. The number of hydrogen-bond acceptors (Lipinski definition) is 3. The Hall–Kier alpha value is -1.28. The third kappa shape index (κ3) is 4.13. The monoisotopic (exact) mass is 340 g/mol. The Morgan fingerprint density at radius 3 is 2.82 bits per heavy atom. The summed E-state index contributed by atoms with van der Waals surface area (Å²) < 4.78 is 37.7. The van der Waals surface area contributed by atoms with Crippen LogP contribution in [0.15, 0.2) is 6.07 Å². The van der Waals surface area contributed by atoms with Gasteiger partial charge in [-0.1, -0.05) is 6.92 Å². The van der Waals surface area contributed by atoms with E-state index in [4.69, 9.17) is 5.73 Å². The number of aromatic nitrogens is 2. The van der Waals surface area contributed by atoms with E-state index in [0.29, 0.717) is 18.8 Å². The third-order valence-corrected chi connectivity index (χ3v) is 3.84. The zero-order valence-electron chi connectivity index (χ0n) is 12.2. The van der Waals surface area contributed by atoms with Crippen LogP contribution in [0, 0.1) is 5.92 Å². The van der Waals surface area contributed by atoms with Gasteiger partial charge in [0.1, 0.15) is 0 Å². The number of H-pyrrole nitrogens is 1. The number of piperidine rings is 1. The fraction of sp³-hybridized carbons (Fsp3) is 0.692. The van der Waals surface area contributed by atoms with Gasteiger partial charge in [0.05, 0.1) is 0 Å². The summed E-state index contributed by atoms with van der Waals surface area (Å²) >= 11 is 0. The molecule has 0 saturated carbocycles. The first-order valence-electron chi connectivity index (χ1n) is 6.94. The number of halogens is 4. The summed E-state index contributed by atoms with van der Waals surface area (Å²) in [5, 5.41) is 5.76. The van der Waals surface area contributed by atoms with Crippen molar-refractivity contribution in [1.82, 2.24) is 15.1 Å². The summed E-state index contributed by atoms with van der Waals surface area (Å²) in [6, 6.07) is 1.03. The van der Waals surface area contributed by atoms with E-state index in [1.165, 1.54) is 0 Å². The van der Waals surface area contributed by atoms with Crippen LogP contribution in [0.5, 0.6) is 0 Å². The van der Waals surface area contributed by atoms with Gasteiger partial charge in [0.2, 0.25) is 5.91 Å². The van der Waals surface area contributed by atoms with Crippen molar-refractivity contribution in [1.29, 1.82) is 0 Å². The van der Waals surface area contributed by atoms with Gasteiger partial charge in [0, 0.05) is 37.2 Å². The van der Waals surface area contributed by atoms with Crippen molar-refractivity contribution in [2.45, 2.75) is 31.9 Å². The molecule has 0 aromatic carbocycles. The van der Waals surface area contributed by atoms with E-state index in [1.54, 1.807) is 11.8 Å². The van der Waals surface area contributed by atoms with E-state index in [2.05, 4.69) is 10.2 Å². The lowest BCUT2D eigenvalue weighted by atomic mass is 9.93. The number of carbonyl (C=O) groups is 1. The summed E-state index contributed by atoms with van der Waals surface area (Å²) in [6.45, 7) is 3.05. The fourth-order valence-electron chi connectivity index (χ4n) is 2.53. The quantitative estimate of drug-likeness (QED) is 0.885. The minimum Gasteiger partial charge on any atom is -0.342 e. The SMILES string of the molecule is CC(CN)C(=O)N1CCCC(c2cc(C(F)(F)F)n[nH]2)C1.Cl. The molecule has 22 heavy (non-hydrogen) atoms. The highest BCUT2D eigenvalue weighted by atomic mass is 35.5. The molecule has 1 amide bonds. The van der Waals surface area contributed by atoms with Crippen molar-refractivity contribution >= 4 is 18.3 Å². The molecule has 9 heteroatoms. The zero-order chi connectivity index (χ0) is 15.6. The second kappa shape index (κ2) is 7.32. The van der Waals surface area contributed by atoms with Crippen LogP contribution in [0.4, 0.5) is 13.2 Å². The second-order valence-electron chi connectivity index (χ2n) is 5.47. The number of amides is 1. The minimum atomic E-state index is -4.45. The van der Waals surface area contributed by atoms with Gasteiger partial charge in [-0.25, -0.2) is 0 Å². The van der Waals surface area contributed by atoms with E-state index in [-0.39, 0.29) is 36.7 Å². The normalized spacial score (nSPS) is 20.4. The number of likely N-dealkylation sites (tertiary alicyclic amines) is 1. The number of nitrogens with two attached hydrogens (primary N) is 1. The molecule has 0 spiro atoms. The van der Waals surface area contributed by atoms with Gasteiger partial charge in [-0.2, -0.15) is 18.3 Å². The standard InChI is InChI=1S/C13H19F3N4O.ClH/c1-8(6-17)12(21)20-4-2-3-9(7-20)10-5-11(19-18-10)13(14,15)16;/h5,8-9H,2-4,6-7,17H2,1H3,(H,18,19);1H. The van der Waals surface area contributed by atoms with Gasteiger partial charge in [-0.15, -0.1) is 12.4 Å². The molecule has 0 bridgehead atoms. The second-order valence-corrected chi connectivity index (χ2v) is 5.47. The number of rotatable bonds is 3. The molecular formula is C13H20ClF3N4O. The Morgan fingerprint density at radius 2 is 2.27 bits per heavy atom. The molecule has 126 valence electrons. The number of alkyl halides is 3. The van der Waals surface area contributed by atoms with E-state index in [0.717, 1.165) is 18.9 Å². The lowest BCUT2D eigenvalue weighted by Crippen LogP contribution is -2.43.